The van der Waals surface area contributed by atoms with Crippen LogP contribution in [-0.4, -0.2) is 34.1 Å². The third-order valence-corrected chi connectivity index (χ3v) is 4.01. The third kappa shape index (κ3) is 3.05. The number of hydrogen-bond acceptors (Lipinski definition) is 5. The number of ether oxygens (including phenoxy) is 1. The minimum Gasteiger partial charge on any atom is -0.463 e. The second-order valence-electron chi connectivity index (χ2n) is 5.54. The van der Waals surface area contributed by atoms with Crippen molar-refractivity contribution in [3.05, 3.63) is 58.9 Å². The number of aliphatic hydroxyl groups is 1. The van der Waals surface area contributed by atoms with Crippen molar-refractivity contribution in [1.82, 2.24) is 9.78 Å². The van der Waals surface area contributed by atoms with Gasteiger partial charge >= 0.3 is 12.1 Å². The first-order valence-electron chi connectivity index (χ1n) is 7.86. The zero-order chi connectivity index (χ0) is 18.9. The largest absolute Gasteiger partial charge is 0.463 e. The number of alkyl halides is 3. The first-order valence-corrected chi connectivity index (χ1v) is 7.86. The van der Waals surface area contributed by atoms with Crippen LogP contribution >= 0.6 is 0 Å². The Morgan fingerprint density at radius 2 is 2.08 bits per heavy atom. The molecule has 0 amide bonds. The number of aliphatic hydroxyl groups excluding tert-OH is 1. The minimum absolute atomic E-state index is 0.0423. The zero-order valence-electron chi connectivity index (χ0n) is 13.7. The molecule has 1 atom stereocenters. The molecule has 0 saturated heterocycles. The van der Waals surface area contributed by atoms with Gasteiger partial charge in [0.1, 0.15) is 11.9 Å². The van der Waals surface area contributed by atoms with Crippen LogP contribution in [-0.2, 0) is 15.7 Å². The Hall–Kier alpha value is -2.81. The van der Waals surface area contributed by atoms with E-state index in [2.05, 4.69) is 10.4 Å². The van der Waals surface area contributed by atoms with Crippen molar-refractivity contribution < 1.29 is 27.8 Å². The van der Waals surface area contributed by atoms with Gasteiger partial charge in [-0.2, -0.15) is 18.3 Å². The minimum atomic E-state index is -4.62. The van der Waals surface area contributed by atoms with Gasteiger partial charge in [-0.05, 0) is 18.6 Å². The van der Waals surface area contributed by atoms with Gasteiger partial charge in [0.2, 0.25) is 0 Å². The molecule has 0 spiro atoms. The molecule has 0 saturated carbocycles. The molecule has 26 heavy (non-hydrogen) atoms. The molecule has 1 aliphatic rings. The van der Waals surface area contributed by atoms with Gasteiger partial charge in [0.25, 0.3) is 0 Å². The number of carbonyl (C=O) groups is 1. The molecule has 3 rings (SSSR count). The van der Waals surface area contributed by atoms with Gasteiger partial charge in [0, 0.05) is 6.07 Å². The number of nitrogens with zero attached hydrogens (tertiary/aromatic N) is 2. The Labute approximate surface area is 146 Å². The molecule has 0 bridgehead atoms. The summed E-state index contributed by atoms with van der Waals surface area (Å²) in [4.78, 5) is 12.5. The highest BCUT2D eigenvalue weighted by Crippen LogP contribution is 2.41. The maximum atomic E-state index is 13.5. The molecule has 0 fully saturated rings. The van der Waals surface area contributed by atoms with E-state index in [0.717, 1.165) is 6.07 Å². The van der Waals surface area contributed by atoms with E-state index in [-0.39, 0.29) is 23.4 Å². The maximum Gasteiger partial charge on any atom is 0.416 e. The van der Waals surface area contributed by atoms with Crippen molar-refractivity contribution in [2.45, 2.75) is 19.1 Å². The molecule has 0 radical (unpaired) electrons. The van der Waals surface area contributed by atoms with E-state index in [0.29, 0.717) is 5.82 Å². The van der Waals surface area contributed by atoms with Crippen LogP contribution in [0.4, 0.5) is 19.0 Å². The summed E-state index contributed by atoms with van der Waals surface area (Å²) in [6.45, 7) is 1.07. The molecule has 1 aliphatic heterocycles. The number of nitrogens with one attached hydrogen (secondary N) is 1. The Kier molecular flexibility index (Phi) is 4.73. The quantitative estimate of drug-likeness (QED) is 0.813. The Balaban J connectivity index is 2.26. The Morgan fingerprint density at radius 3 is 2.73 bits per heavy atom. The monoisotopic (exact) mass is 367 g/mol. The summed E-state index contributed by atoms with van der Waals surface area (Å²) in [7, 11) is 0. The van der Waals surface area contributed by atoms with Crippen LogP contribution in [0.1, 0.15) is 24.1 Å². The lowest BCUT2D eigenvalue weighted by Crippen LogP contribution is -2.32. The highest BCUT2D eigenvalue weighted by Gasteiger charge is 2.41. The molecule has 2 aromatic rings. The average Bonchev–Trinajstić information content (AvgIpc) is 3.07. The maximum absolute atomic E-state index is 13.5. The van der Waals surface area contributed by atoms with Crippen LogP contribution < -0.4 is 5.32 Å². The number of aromatic nitrogens is 2. The molecule has 2 heterocycles. The predicted octanol–water partition coefficient (Wildman–Crippen LogP) is 2.73. The van der Waals surface area contributed by atoms with E-state index in [1.54, 1.807) is 13.0 Å². The second kappa shape index (κ2) is 6.83. The van der Waals surface area contributed by atoms with Crippen LogP contribution in [0.5, 0.6) is 0 Å². The highest BCUT2D eigenvalue weighted by atomic mass is 19.4. The molecule has 1 aromatic heterocycles. The number of carbonyl (C=O) groups excluding carboxylic acids is 1. The van der Waals surface area contributed by atoms with Crippen molar-refractivity contribution in [3.8, 4) is 0 Å². The van der Waals surface area contributed by atoms with Gasteiger partial charge in [-0.25, -0.2) is 9.48 Å². The van der Waals surface area contributed by atoms with Crippen LogP contribution in [0.15, 0.2) is 47.8 Å². The second-order valence-corrected chi connectivity index (χ2v) is 5.54. The zero-order valence-corrected chi connectivity index (χ0v) is 13.7. The van der Waals surface area contributed by atoms with Gasteiger partial charge in [-0.15, -0.1) is 0 Å². The van der Waals surface area contributed by atoms with Crippen LogP contribution in [0.3, 0.4) is 0 Å². The van der Waals surface area contributed by atoms with Crippen molar-refractivity contribution in [2.75, 3.05) is 18.5 Å². The van der Waals surface area contributed by atoms with E-state index in [9.17, 15) is 23.1 Å². The predicted molar refractivity (Wildman–Crippen MR) is 86.2 cm³/mol. The van der Waals surface area contributed by atoms with Crippen molar-refractivity contribution in [2.24, 2.45) is 0 Å². The summed E-state index contributed by atoms with van der Waals surface area (Å²) < 4.78 is 46.9. The summed E-state index contributed by atoms with van der Waals surface area (Å²) in [6, 6.07) is 5.33. The normalized spacial score (nSPS) is 16.9. The molecule has 138 valence electrons. The molecular formula is C17H16F3N3O3. The third-order valence-electron chi connectivity index (χ3n) is 4.01. The number of hydrogen-bond donors (Lipinski definition) is 2. The summed E-state index contributed by atoms with van der Waals surface area (Å²) in [5.74, 6) is -0.448. The first-order chi connectivity index (χ1) is 12.4. The number of anilines is 1. The van der Waals surface area contributed by atoms with Gasteiger partial charge in [-0.3, -0.25) is 0 Å². The molecule has 1 aromatic carbocycles. The van der Waals surface area contributed by atoms with Crippen molar-refractivity contribution >= 4 is 11.8 Å². The van der Waals surface area contributed by atoms with Crippen molar-refractivity contribution in [3.63, 3.8) is 0 Å². The van der Waals surface area contributed by atoms with E-state index >= 15 is 0 Å². The van der Waals surface area contributed by atoms with Crippen LogP contribution in [0.25, 0.3) is 0 Å². The molecule has 2 N–H and O–H groups in total. The first kappa shape index (κ1) is 18.0. The van der Waals surface area contributed by atoms with E-state index < -0.39 is 30.4 Å². The van der Waals surface area contributed by atoms with E-state index in [1.165, 1.54) is 29.1 Å². The van der Waals surface area contributed by atoms with Gasteiger partial charge in [-0.1, -0.05) is 18.2 Å². The standard InChI is InChI=1S/C17H16F3N3O3/c1-2-26-16(25)14-12(9-24)22-13-7-8-21-23(13)15(14)10-5-3-4-6-11(10)17(18,19)20/h3-8,15,22,24H,2,9H2,1H3. The summed E-state index contributed by atoms with van der Waals surface area (Å²) >= 11 is 0. The SMILES string of the molecule is CCOC(=O)C1=C(CO)Nc2ccnn2C1c1ccccc1C(F)(F)F. The van der Waals surface area contributed by atoms with Gasteiger partial charge in [0.15, 0.2) is 0 Å². The molecule has 0 aliphatic carbocycles. The van der Waals surface area contributed by atoms with Crippen LogP contribution in [0.2, 0.25) is 0 Å². The summed E-state index contributed by atoms with van der Waals surface area (Å²) in [5.41, 5.74) is -1.06. The molecule has 9 heteroatoms. The number of esters is 1. The molecule has 1 unspecified atom stereocenters. The fourth-order valence-corrected chi connectivity index (χ4v) is 2.98. The average molecular weight is 367 g/mol. The van der Waals surface area contributed by atoms with Crippen molar-refractivity contribution in [1.29, 1.82) is 0 Å². The number of halogens is 3. The Bertz CT molecular complexity index is 858. The van der Waals surface area contributed by atoms with Crippen LogP contribution in [0, 0.1) is 0 Å². The molecular weight excluding hydrogens is 351 g/mol. The van der Waals surface area contributed by atoms with Gasteiger partial charge in [0.05, 0.1) is 36.2 Å². The molecule has 6 nitrogen and oxygen atoms in total. The number of fused-ring (bicyclic) bond motifs is 1. The van der Waals surface area contributed by atoms with Gasteiger partial charge < -0.3 is 15.2 Å². The topological polar surface area (TPSA) is 76.4 Å². The van der Waals surface area contributed by atoms with E-state index in [1.807, 2.05) is 0 Å². The fourth-order valence-electron chi connectivity index (χ4n) is 2.98. The lowest BCUT2D eigenvalue weighted by atomic mass is 9.91. The van der Waals surface area contributed by atoms with E-state index in [4.69, 9.17) is 4.74 Å². The lowest BCUT2D eigenvalue weighted by Gasteiger charge is -2.31. The fraction of sp³-hybridized carbons (Fsp3) is 0.294. The summed E-state index contributed by atoms with van der Waals surface area (Å²) in [5, 5.41) is 16.5. The lowest BCUT2D eigenvalue weighted by molar-refractivity contribution is -0.141. The summed E-state index contributed by atoms with van der Waals surface area (Å²) in [6.07, 6.45) is -3.22. The number of rotatable bonds is 4. The highest BCUT2D eigenvalue weighted by molar-refractivity contribution is 5.92. The number of benzene rings is 1. The Morgan fingerprint density at radius 1 is 1.35 bits per heavy atom. The smallest absolute Gasteiger partial charge is 0.416 e.